The third-order valence-electron chi connectivity index (χ3n) is 2.20. The molecule has 14 heavy (non-hydrogen) atoms. The zero-order chi connectivity index (χ0) is 11.1. The summed E-state index contributed by atoms with van der Waals surface area (Å²) >= 11 is 0. The molecule has 0 fully saturated rings. The Balaban J connectivity index is 3.70. The van der Waals surface area contributed by atoms with Crippen molar-refractivity contribution < 1.29 is 9.90 Å². The highest BCUT2D eigenvalue weighted by Gasteiger charge is 2.11. The minimum absolute atomic E-state index is 0.0961. The van der Waals surface area contributed by atoms with Crippen LogP contribution in [-0.4, -0.2) is 42.5 Å². The largest absolute Gasteiger partial charge is 0.393 e. The number of hydrogen-bond donors (Lipinski definition) is 1. The van der Waals surface area contributed by atoms with Crippen LogP contribution in [0.25, 0.3) is 0 Å². The molecule has 0 spiro atoms. The Morgan fingerprint density at radius 1 is 1.29 bits per heavy atom. The number of aliphatic hydroxyl groups is 1. The van der Waals surface area contributed by atoms with Gasteiger partial charge in [-0.25, -0.2) is 0 Å². The van der Waals surface area contributed by atoms with E-state index in [0.29, 0.717) is 5.92 Å². The number of nitrogens with zero attached hydrogens (tertiary/aromatic N) is 1. The van der Waals surface area contributed by atoms with Crippen molar-refractivity contribution in [1.29, 1.82) is 0 Å². The molecular formula is C11H23NO2. The van der Waals surface area contributed by atoms with Crippen molar-refractivity contribution in [3.63, 3.8) is 0 Å². The van der Waals surface area contributed by atoms with Gasteiger partial charge in [-0.15, -0.1) is 0 Å². The highest BCUT2D eigenvalue weighted by molar-refractivity contribution is 5.52. The Morgan fingerprint density at radius 2 is 1.86 bits per heavy atom. The summed E-state index contributed by atoms with van der Waals surface area (Å²) in [7, 11) is 2.01. The molecule has 0 aliphatic heterocycles. The monoisotopic (exact) mass is 201 g/mol. The second-order valence-corrected chi connectivity index (χ2v) is 4.52. The number of aliphatic hydroxyl groups excluding tert-OH is 1. The Kier molecular flexibility index (Phi) is 6.75. The molecule has 0 aliphatic rings. The van der Waals surface area contributed by atoms with Crippen molar-refractivity contribution in [2.24, 2.45) is 11.8 Å². The molecule has 0 radical (unpaired) electrons. The molecule has 3 heteroatoms. The minimum Gasteiger partial charge on any atom is -0.393 e. The minimum atomic E-state index is -0.234. The van der Waals surface area contributed by atoms with Crippen molar-refractivity contribution in [3.8, 4) is 0 Å². The highest BCUT2D eigenvalue weighted by Crippen LogP contribution is 2.08. The lowest BCUT2D eigenvalue weighted by molar-refractivity contribution is -0.111. The summed E-state index contributed by atoms with van der Waals surface area (Å²) in [6, 6.07) is 0. The van der Waals surface area contributed by atoms with Crippen LogP contribution >= 0.6 is 0 Å². The maximum Gasteiger partial charge on any atom is 0.124 e. The van der Waals surface area contributed by atoms with Gasteiger partial charge in [0.25, 0.3) is 0 Å². The van der Waals surface area contributed by atoms with Gasteiger partial charge in [0.15, 0.2) is 0 Å². The summed E-state index contributed by atoms with van der Waals surface area (Å²) in [5.41, 5.74) is 0. The van der Waals surface area contributed by atoms with E-state index in [1.54, 1.807) is 0 Å². The third kappa shape index (κ3) is 7.04. The average molecular weight is 201 g/mol. The van der Waals surface area contributed by atoms with Crippen LogP contribution in [0, 0.1) is 11.8 Å². The molecule has 84 valence electrons. The first kappa shape index (κ1) is 13.6. The Morgan fingerprint density at radius 3 is 2.29 bits per heavy atom. The first-order valence-electron chi connectivity index (χ1n) is 5.27. The second kappa shape index (κ2) is 6.96. The molecule has 3 unspecified atom stereocenters. The maximum atomic E-state index is 10.4. The van der Waals surface area contributed by atoms with Crippen LogP contribution in [0.15, 0.2) is 0 Å². The summed E-state index contributed by atoms with van der Waals surface area (Å²) in [5, 5.41) is 9.19. The van der Waals surface area contributed by atoms with Crippen molar-refractivity contribution in [2.75, 3.05) is 20.1 Å². The van der Waals surface area contributed by atoms with E-state index < -0.39 is 0 Å². The van der Waals surface area contributed by atoms with E-state index in [2.05, 4.69) is 11.8 Å². The normalized spacial score (nSPS) is 17.9. The van der Waals surface area contributed by atoms with E-state index in [4.69, 9.17) is 0 Å². The zero-order valence-corrected chi connectivity index (χ0v) is 9.73. The maximum absolute atomic E-state index is 10.4. The number of carbonyl (C=O) groups is 1. The molecule has 0 aromatic heterocycles. The van der Waals surface area contributed by atoms with E-state index >= 15 is 0 Å². The van der Waals surface area contributed by atoms with E-state index in [9.17, 15) is 9.90 Å². The number of rotatable bonds is 7. The standard InChI is InChI=1S/C11H23NO2/c1-9(5-11(3)14)6-12(4)7-10(2)8-13/h8-11,14H,5-7H2,1-4H3. The second-order valence-electron chi connectivity index (χ2n) is 4.52. The number of aldehydes is 1. The van der Waals surface area contributed by atoms with Gasteiger partial charge in [0, 0.05) is 19.0 Å². The molecule has 3 nitrogen and oxygen atoms in total. The van der Waals surface area contributed by atoms with Gasteiger partial charge in [-0.2, -0.15) is 0 Å². The summed E-state index contributed by atoms with van der Waals surface area (Å²) in [5.74, 6) is 0.567. The molecule has 0 rings (SSSR count). The summed E-state index contributed by atoms with van der Waals surface area (Å²) < 4.78 is 0. The van der Waals surface area contributed by atoms with Crippen LogP contribution in [0.1, 0.15) is 27.2 Å². The van der Waals surface area contributed by atoms with Crippen LogP contribution in [0.3, 0.4) is 0 Å². The smallest absolute Gasteiger partial charge is 0.124 e. The van der Waals surface area contributed by atoms with Crippen LogP contribution < -0.4 is 0 Å². The summed E-state index contributed by atoms with van der Waals surface area (Å²) in [6.45, 7) is 7.58. The van der Waals surface area contributed by atoms with Crippen LogP contribution in [0.2, 0.25) is 0 Å². The van der Waals surface area contributed by atoms with Crippen molar-refractivity contribution in [2.45, 2.75) is 33.3 Å². The molecule has 0 aromatic carbocycles. The molecule has 0 saturated carbocycles. The molecule has 0 heterocycles. The Hall–Kier alpha value is -0.410. The topological polar surface area (TPSA) is 40.5 Å². The van der Waals surface area contributed by atoms with Crippen LogP contribution in [0.5, 0.6) is 0 Å². The Bertz CT molecular complexity index is 159. The first-order valence-corrected chi connectivity index (χ1v) is 5.27. The Labute approximate surface area is 87.1 Å². The molecule has 0 bridgehead atoms. The van der Waals surface area contributed by atoms with E-state index in [1.165, 1.54) is 0 Å². The van der Waals surface area contributed by atoms with Gasteiger partial charge in [0.2, 0.25) is 0 Å². The lowest BCUT2D eigenvalue weighted by Gasteiger charge is -2.23. The summed E-state index contributed by atoms with van der Waals surface area (Å²) in [4.78, 5) is 12.6. The molecule has 0 aliphatic carbocycles. The average Bonchev–Trinajstić information content (AvgIpc) is 2.01. The van der Waals surface area contributed by atoms with E-state index in [1.807, 2.05) is 20.9 Å². The SMILES string of the molecule is CC(O)CC(C)CN(C)CC(C)C=O. The number of hydrogen-bond acceptors (Lipinski definition) is 3. The predicted octanol–water partition coefficient (Wildman–Crippen LogP) is 1.16. The summed E-state index contributed by atoms with van der Waals surface area (Å²) in [6.07, 6.45) is 1.57. The molecule has 3 atom stereocenters. The lowest BCUT2D eigenvalue weighted by Crippen LogP contribution is -2.30. The fourth-order valence-electron chi connectivity index (χ4n) is 1.80. The fourth-order valence-corrected chi connectivity index (χ4v) is 1.80. The van der Waals surface area contributed by atoms with Gasteiger partial charge in [-0.05, 0) is 26.3 Å². The van der Waals surface area contributed by atoms with Crippen LogP contribution in [0.4, 0.5) is 0 Å². The lowest BCUT2D eigenvalue weighted by atomic mass is 10.0. The van der Waals surface area contributed by atoms with Gasteiger partial charge < -0.3 is 14.8 Å². The number of carbonyl (C=O) groups excluding carboxylic acids is 1. The first-order chi connectivity index (χ1) is 6.45. The third-order valence-corrected chi connectivity index (χ3v) is 2.20. The molecule has 1 N–H and O–H groups in total. The molecule has 0 saturated heterocycles. The van der Waals surface area contributed by atoms with E-state index in [-0.39, 0.29) is 12.0 Å². The van der Waals surface area contributed by atoms with Gasteiger partial charge in [0.05, 0.1) is 6.10 Å². The van der Waals surface area contributed by atoms with Crippen molar-refractivity contribution in [3.05, 3.63) is 0 Å². The molecular weight excluding hydrogens is 178 g/mol. The molecule has 0 amide bonds. The van der Waals surface area contributed by atoms with Crippen LogP contribution in [-0.2, 0) is 4.79 Å². The fraction of sp³-hybridized carbons (Fsp3) is 0.909. The molecule has 0 aromatic rings. The predicted molar refractivity (Wildman–Crippen MR) is 58.2 cm³/mol. The quantitative estimate of drug-likeness (QED) is 0.628. The zero-order valence-electron chi connectivity index (χ0n) is 9.73. The van der Waals surface area contributed by atoms with Crippen molar-refractivity contribution >= 4 is 6.29 Å². The van der Waals surface area contributed by atoms with E-state index in [0.717, 1.165) is 25.8 Å². The van der Waals surface area contributed by atoms with Gasteiger partial charge in [0.1, 0.15) is 6.29 Å². The van der Waals surface area contributed by atoms with Crippen molar-refractivity contribution in [1.82, 2.24) is 4.90 Å². The van der Waals surface area contributed by atoms with Gasteiger partial charge in [-0.1, -0.05) is 13.8 Å². The van der Waals surface area contributed by atoms with Gasteiger partial charge in [-0.3, -0.25) is 0 Å². The van der Waals surface area contributed by atoms with Gasteiger partial charge >= 0.3 is 0 Å². The highest BCUT2D eigenvalue weighted by atomic mass is 16.3.